The number of allylic oxidation sites excluding steroid dienone is 1. The summed E-state index contributed by atoms with van der Waals surface area (Å²) in [6.07, 6.45) is 4.67. The molecule has 0 spiro atoms. The van der Waals surface area contributed by atoms with Gasteiger partial charge in [0.2, 0.25) is 0 Å². The zero-order valence-electron chi connectivity index (χ0n) is 13.9. The van der Waals surface area contributed by atoms with Crippen molar-refractivity contribution in [3.63, 3.8) is 0 Å². The maximum Gasteiger partial charge on any atom is 0.124 e. The molecule has 0 saturated heterocycles. The number of hydrogen-bond donors (Lipinski definition) is 1. The highest BCUT2D eigenvalue weighted by atomic mass is 16.5. The minimum Gasteiger partial charge on any atom is -0.489 e. The molecule has 0 fully saturated rings. The molecule has 0 aliphatic carbocycles. The van der Waals surface area contributed by atoms with Crippen LogP contribution in [0.25, 0.3) is 0 Å². The van der Waals surface area contributed by atoms with Crippen LogP contribution in [0.5, 0.6) is 5.75 Å². The summed E-state index contributed by atoms with van der Waals surface area (Å²) in [5.74, 6) is 0.613. The number of carbonyl (C=O) groups excluding carboxylic acids is 1. The van der Waals surface area contributed by atoms with Gasteiger partial charge in [0.05, 0.1) is 11.6 Å². The number of nitrogens with zero attached hydrogens (tertiary/aromatic N) is 1. The normalized spacial score (nSPS) is 9.18. The second-order valence-corrected chi connectivity index (χ2v) is 3.66. The van der Waals surface area contributed by atoms with Crippen LogP contribution in [0.2, 0.25) is 0 Å². The fraction of sp³-hybridized carbons (Fsp3) is 0.333. The molecule has 0 aliphatic heterocycles. The Labute approximate surface area is 133 Å². The van der Waals surface area contributed by atoms with E-state index in [-0.39, 0.29) is 6.42 Å². The lowest BCUT2D eigenvalue weighted by atomic mass is 10.1. The van der Waals surface area contributed by atoms with Gasteiger partial charge in [-0.3, -0.25) is 0 Å². The first kappa shape index (κ1) is 21.9. The van der Waals surface area contributed by atoms with Crippen LogP contribution in [-0.4, -0.2) is 19.9 Å². The number of carbonyl (C=O) groups is 1. The summed E-state index contributed by atoms with van der Waals surface area (Å²) < 4.78 is 5.55. The number of nitrogens with two attached hydrogens (primary N) is 1. The van der Waals surface area contributed by atoms with Crippen LogP contribution in [0.1, 0.15) is 31.9 Å². The van der Waals surface area contributed by atoms with Crippen molar-refractivity contribution in [3.8, 4) is 11.8 Å². The Kier molecular flexibility index (Phi) is 15.0. The molecular formula is C18H26N2O2. The minimum absolute atomic E-state index is 0.246. The standard InChI is InChI=1S/C15H15NO2.C2H6.CH5N/c1-3-12(4-2)11-18-15-6-5-13(7-8-17)14(9-15)10-16;2*1-2/h3-6,8-9H,1,7,11H2,2H3;1-2H3;2H2,1H3/b12-4+;;. The smallest absolute Gasteiger partial charge is 0.124 e. The van der Waals surface area contributed by atoms with Crippen molar-refractivity contribution in [2.45, 2.75) is 27.2 Å². The van der Waals surface area contributed by atoms with Gasteiger partial charge in [0, 0.05) is 6.42 Å². The van der Waals surface area contributed by atoms with Gasteiger partial charge >= 0.3 is 0 Å². The molecule has 22 heavy (non-hydrogen) atoms. The van der Waals surface area contributed by atoms with Crippen LogP contribution in [0, 0.1) is 11.3 Å². The summed E-state index contributed by atoms with van der Waals surface area (Å²) in [7, 11) is 1.50. The van der Waals surface area contributed by atoms with Crippen LogP contribution >= 0.6 is 0 Å². The zero-order valence-corrected chi connectivity index (χ0v) is 13.9. The molecule has 0 atom stereocenters. The van der Waals surface area contributed by atoms with Crippen molar-refractivity contribution < 1.29 is 9.53 Å². The summed E-state index contributed by atoms with van der Waals surface area (Å²) in [5, 5.41) is 8.99. The molecule has 2 N–H and O–H groups in total. The topological polar surface area (TPSA) is 76.1 Å². The summed E-state index contributed by atoms with van der Waals surface area (Å²) in [4.78, 5) is 10.5. The van der Waals surface area contributed by atoms with E-state index in [1.807, 2.05) is 26.8 Å². The lowest BCUT2D eigenvalue weighted by Gasteiger charge is -2.08. The molecule has 0 amide bonds. The second kappa shape index (κ2) is 15.0. The van der Waals surface area contributed by atoms with Crippen molar-refractivity contribution in [1.29, 1.82) is 5.26 Å². The average molecular weight is 302 g/mol. The van der Waals surface area contributed by atoms with Crippen molar-refractivity contribution in [1.82, 2.24) is 0 Å². The van der Waals surface area contributed by atoms with Gasteiger partial charge in [0.15, 0.2) is 0 Å². The van der Waals surface area contributed by atoms with Crippen molar-refractivity contribution in [3.05, 3.63) is 53.6 Å². The van der Waals surface area contributed by atoms with E-state index in [0.717, 1.165) is 17.4 Å². The lowest BCUT2D eigenvalue weighted by molar-refractivity contribution is -0.107. The quantitative estimate of drug-likeness (QED) is 0.645. The van der Waals surface area contributed by atoms with E-state index in [2.05, 4.69) is 18.4 Å². The average Bonchev–Trinajstić information content (AvgIpc) is 2.60. The first-order chi connectivity index (χ1) is 10.7. The SMILES string of the molecule is C=C/C(=C\C)COc1ccc(CC=O)c(C#N)c1.CC.CN. The lowest BCUT2D eigenvalue weighted by Crippen LogP contribution is -2.00. The number of benzene rings is 1. The van der Waals surface area contributed by atoms with Crippen molar-refractivity contribution in [2.75, 3.05) is 13.7 Å². The molecule has 0 heterocycles. The first-order valence-electron chi connectivity index (χ1n) is 7.20. The van der Waals surface area contributed by atoms with Crippen LogP contribution in [-0.2, 0) is 11.2 Å². The van der Waals surface area contributed by atoms with Gasteiger partial charge in [-0.05, 0) is 37.2 Å². The van der Waals surface area contributed by atoms with Crippen LogP contribution in [0.4, 0.5) is 0 Å². The maximum absolute atomic E-state index is 10.5. The third-order valence-electron chi connectivity index (χ3n) is 2.54. The predicted molar refractivity (Wildman–Crippen MR) is 91.8 cm³/mol. The molecule has 1 rings (SSSR count). The predicted octanol–water partition coefficient (Wildman–Crippen LogP) is 3.41. The van der Waals surface area contributed by atoms with Crippen LogP contribution < -0.4 is 10.5 Å². The van der Waals surface area contributed by atoms with Gasteiger partial charge in [-0.25, -0.2) is 0 Å². The van der Waals surface area contributed by atoms with E-state index in [9.17, 15) is 4.79 Å². The highest BCUT2D eigenvalue weighted by Gasteiger charge is 2.04. The molecular weight excluding hydrogens is 276 g/mol. The Morgan fingerprint density at radius 2 is 2.05 bits per heavy atom. The van der Waals surface area contributed by atoms with Gasteiger partial charge in [0.25, 0.3) is 0 Å². The Hall–Kier alpha value is -2.38. The van der Waals surface area contributed by atoms with E-state index < -0.39 is 0 Å². The van der Waals surface area contributed by atoms with Gasteiger partial charge in [0.1, 0.15) is 18.6 Å². The Bertz CT molecular complexity index is 514. The largest absolute Gasteiger partial charge is 0.489 e. The molecule has 0 aliphatic rings. The molecule has 4 nitrogen and oxygen atoms in total. The van der Waals surface area contributed by atoms with Gasteiger partial charge in [-0.2, -0.15) is 5.26 Å². The summed E-state index contributed by atoms with van der Waals surface area (Å²) in [5.41, 5.74) is 6.67. The third kappa shape index (κ3) is 8.03. The molecule has 120 valence electrons. The van der Waals surface area contributed by atoms with E-state index in [4.69, 9.17) is 10.00 Å². The summed E-state index contributed by atoms with van der Waals surface area (Å²) >= 11 is 0. The molecule has 0 aromatic heterocycles. The Morgan fingerprint density at radius 3 is 2.50 bits per heavy atom. The fourth-order valence-corrected chi connectivity index (χ4v) is 1.44. The highest BCUT2D eigenvalue weighted by Crippen LogP contribution is 2.18. The second-order valence-electron chi connectivity index (χ2n) is 3.66. The summed E-state index contributed by atoms with van der Waals surface area (Å²) in [6, 6.07) is 7.21. The van der Waals surface area contributed by atoms with Crippen molar-refractivity contribution >= 4 is 6.29 Å². The monoisotopic (exact) mass is 302 g/mol. The molecule has 0 bridgehead atoms. The van der Waals surface area contributed by atoms with E-state index in [1.54, 1.807) is 24.3 Å². The van der Waals surface area contributed by atoms with Crippen molar-refractivity contribution in [2.24, 2.45) is 5.73 Å². The zero-order chi connectivity index (χ0) is 17.4. The number of hydrogen-bond acceptors (Lipinski definition) is 4. The molecule has 0 unspecified atom stereocenters. The number of rotatable bonds is 6. The van der Waals surface area contributed by atoms with Gasteiger partial charge in [-0.1, -0.05) is 38.6 Å². The number of aldehydes is 1. The molecule has 0 radical (unpaired) electrons. The van der Waals surface area contributed by atoms with Gasteiger partial charge < -0.3 is 15.3 Å². The third-order valence-corrected chi connectivity index (χ3v) is 2.54. The fourth-order valence-electron chi connectivity index (χ4n) is 1.44. The number of nitriles is 1. The number of ether oxygens (including phenoxy) is 1. The van der Waals surface area contributed by atoms with E-state index in [0.29, 0.717) is 17.9 Å². The first-order valence-corrected chi connectivity index (χ1v) is 7.20. The summed E-state index contributed by atoms with van der Waals surface area (Å²) in [6.45, 7) is 10.0. The highest BCUT2D eigenvalue weighted by molar-refractivity contribution is 5.58. The maximum atomic E-state index is 10.5. The van der Waals surface area contributed by atoms with Gasteiger partial charge in [-0.15, -0.1) is 0 Å². The van der Waals surface area contributed by atoms with E-state index in [1.165, 1.54) is 7.05 Å². The Morgan fingerprint density at radius 1 is 1.41 bits per heavy atom. The molecule has 0 saturated carbocycles. The van der Waals surface area contributed by atoms with Crippen LogP contribution in [0.3, 0.4) is 0 Å². The minimum atomic E-state index is 0.246. The van der Waals surface area contributed by atoms with Crippen LogP contribution in [0.15, 0.2) is 42.5 Å². The van der Waals surface area contributed by atoms with E-state index >= 15 is 0 Å². The molecule has 1 aromatic rings. The molecule has 1 aromatic carbocycles. The molecule has 4 heteroatoms. The Balaban J connectivity index is 0.